The molecule has 4 heteroatoms. The summed E-state index contributed by atoms with van der Waals surface area (Å²) < 4.78 is 5.46. The van der Waals surface area contributed by atoms with Crippen LogP contribution in [-0.4, -0.2) is 25.1 Å². The van der Waals surface area contributed by atoms with Gasteiger partial charge in [-0.2, -0.15) is 0 Å². The lowest BCUT2D eigenvalue weighted by Gasteiger charge is -2.11. The number of hydrogen-bond donors (Lipinski definition) is 2. The van der Waals surface area contributed by atoms with E-state index in [1.54, 1.807) is 0 Å². The molecule has 0 bridgehead atoms. The zero-order valence-corrected chi connectivity index (χ0v) is 11.2. The van der Waals surface area contributed by atoms with E-state index in [4.69, 9.17) is 10.5 Å². The van der Waals surface area contributed by atoms with Gasteiger partial charge in [-0.3, -0.25) is 4.79 Å². The summed E-state index contributed by atoms with van der Waals surface area (Å²) in [6.45, 7) is 1.58. The molecule has 0 aromatic heterocycles. The average molecular weight is 262 g/mol. The smallest absolute Gasteiger partial charge is 0.222 e. The first-order valence-electron chi connectivity index (χ1n) is 6.89. The molecule has 1 unspecified atom stereocenters. The molecule has 1 atom stereocenters. The molecule has 0 radical (unpaired) electrons. The van der Waals surface area contributed by atoms with Gasteiger partial charge in [0.2, 0.25) is 5.91 Å². The Morgan fingerprint density at radius 3 is 2.79 bits per heavy atom. The Morgan fingerprint density at radius 1 is 1.37 bits per heavy atom. The van der Waals surface area contributed by atoms with Crippen molar-refractivity contribution in [2.24, 2.45) is 11.7 Å². The highest BCUT2D eigenvalue weighted by atomic mass is 16.5. The standard InChI is InChI=1S/C15H22N2O2/c16-14(13-6-7-13)10-17-15(18)8-9-19-11-12-4-2-1-3-5-12/h1-5,13-14H,6-11,16H2,(H,17,18). The lowest BCUT2D eigenvalue weighted by molar-refractivity contribution is -0.122. The van der Waals surface area contributed by atoms with E-state index >= 15 is 0 Å². The van der Waals surface area contributed by atoms with Gasteiger partial charge >= 0.3 is 0 Å². The summed E-state index contributed by atoms with van der Waals surface area (Å²) in [6, 6.07) is 10.1. The van der Waals surface area contributed by atoms with E-state index in [9.17, 15) is 4.79 Å². The van der Waals surface area contributed by atoms with Crippen LogP contribution in [0.4, 0.5) is 0 Å². The minimum atomic E-state index is 0.0177. The molecule has 1 saturated carbocycles. The van der Waals surface area contributed by atoms with E-state index in [-0.39, 0.29) is 11.9 Å². The first-order chi connectivity index (χ1) is 9.25. The number of hydrogen-bond acceptors (Lipinski definition) is 3. The molecule has 0 aliphatic heterocycles. The van der Waals surface area contributed by atoms with Crippen molar-refractivity contribution in [3.05, 3.63) is 35.9 Å². The summed E-state index contributed by atoms with van der Waals surface area (Å²) >= 11 is 0. The molecule has 0 saturated heterocycles. The molecular weight excluding hydrogens is 240 g/mol. The van der Waals surface area contributed by atoms with Crippen molar-refractivity contribution in [3.63, 3.8) is 0 Å². The monoisotopic (exact) mass is 262 g/mol. The van der Waals surface area contributed by atoms with E-state index in [2.05, 4.69) is 5.32 Å². The van der Waals surface area contributed by atoms with Gasteiger partial charge in [0.1, 0.15) is 0 Å². The highest BCUT2D eigenvalue weighted by molar-refractivity contribution is 5.75. The van der Waals surface area contributed by atoms with Crippen LogP contribution in [0.3, 0.4) is 0 Å². The number of carbonyl (C=O) groups is 1. The van der Waals surface area contributed by atoms with Crippen molar-refractivity contribution in [2.75, 3.05) is 13.2 Å². The largest absolute Gasteiger partial charge is 0.376 e. The zero-order valence-electron chi connectivity index (χ0n) is 11.2. The Bertz CT molecular complexity index is 390. The van der Waals surface area contributed by atoms with E-state index in [1.165, 1.54) is 12.8 Å². The van der Waals surface area contributed by atoms with Gasteiger partial charge in [-0.1, -0.05) is 30.3 Å². The van der Waals surface area contributed by atoms with Crippen molar-refractivity contribution in [1.82, 2.24) is 5.32 Å². The first-order valence-corrected chi connectivity index (χ1v) is 6.89. The number of rotatable bonds is 8. The quantitative estimate of drug-likeness (QED) is 0.697. The maximum Gasteiger partial charge on any atom is 0.222 e. The maximum atomic E-state index is 11.6. The molecule has 4 nitrogen and oxygen atoms in total. The third-order valence-corrected chi connectivity index (χ3v) is 3.35. The van der Waals surface area contributed by atoms with Gasteiger partial charge in [0.05, 0.1) is 13.2 Å². The summed E-state index contributed by atoms with van der Waals surface area (Å²) in [6.07, 6.45) is 2.80. The Hall–Kier alpha value is -1.39. The molecular formula is C15H22N2O2. The molecule has 1 aromatic carbocycles. The van der Waals surface area contributed by atoms with E-state index in [0.717, 1.165) is 5.56 Å². The van der Waals surface area contributed by atoms with Gasteiger partial charge in [0.15, 0.2) is 0 Å². The van der Waals surface area contributed by atoms with Crippen molar-refractivity contribution in [3.8, 4) is 0 Å². The second kappa shape index (κ2) is 7.26. The lowest BCUT2D eigenvalue weighted by Crippen LogP contribution is -2.38. The Morgan fingerprint density at radius 2 is 2.11 bits per heavy atom. The SMILES string of the molecule is NC(CNC(=O)CCOCc1ccccc1)C1CC1. The van der Waals surface area contributed by atoms with Crippen LogP contribution in [0, 0.1) is 5.92 Å². The summed E-state index contributed by atoms with van der Waals surface area (Å²) in [7, 11) is 0. The van der Waals surface area contributed by atoms with E-state index < -0.39 is 0 Å². The second-order valence-corrected chi connectivity index (χ2v) is 5.09. The number of benzene rings is 1. The molecule has 1 fully saturated rings. The molecule has 0 spiro atoms. The molecule has 19 heavy (non-hydrogen) atoms. The fourth-order valence-electron chi connectivity index (χ4n) is 1.94. The van der Waals surface area contributed by atoms with Crippen molar-refractivity contribution in [2.45, 2.75) is 31.9 Å². The third-order valence-electron chi connectivity index (χ3n) is 3.35. The van der Waals surface area contributed by atoms with Crippen LogP contribution in [0.15, 0.2) is 30.3 Å². The average Bonchev–Trinajstić information content (AvgIpc) is 3.27. The van der Waals surface area contributed by atoms with Gasteiger partial charge in [-0.15, -0.1) is 0 Å². The van der Waals surface area contributed by atoms with Crippen molar-refractivity contribution < 1.29 is 9.53 Å². The Labute approximate surface area is 114 Å². The van der Waals surface area contributed by atoms with Crippen LogP contribution in [0.2, 0.25) is 0 Å². The minimum absolute atomic E-state index is 0.0177. The van der Waals surface area contributed by atoms with Crippen LogP contribution >= 0.6 is 0 Å². The fraction of sp³-hybridized carbons (Fsp3) is 0.533. The molecule has 1 aromatic rings. The molecule has 1 aliphatic rings. The van der Waals surface area contributed by atoms with Crippen LogP contribution in [0.25, 0.3) is 0 Å². The highest BCUT2D eigenvalue weighted by Gasteiger charge is 2.28. The normalized spacial score (nSPS) is 16.1. The fourth-order valence-corrected chi connectivity index (χ4v) is 1.94. The summed E-state index contributed by atoms with van der Waals surface area (Å²) in [5, 5.41) is 2.86. The summed E-state index contributed by atoms with van der Waals surface area (Å²) in [5.74, 6) is 0.638. The maximum absolute atomic E-state index is 11.6. The predicted molar refractivity (Wildman–Crippen MR) is 74.4 cm³/mol. The van der Waals surface area contributed by atoms with Gasteiger partial charge in [-0.25, -0.2) is 0 Å². The molecule has 0 heterocycles. The number of nitrogens with two attached hydrogens (primary N) is 1. The topological polar surface area (TPSA) is 64.3 Å². The first kappa shape index (κ1) is 14.0. The molecule has 2 rings (SSSR count). The van der Waals surface area contributed by atoms with Gasteiger partial charge in [0, 0.05) is 19.0 Å². The molecule has 1 amide bonds. The number of nitrogens with one attached hydrogen (secondary N) is 1. The number of amides is 1. The van der Waals surface area contributed by atoms with Crippen molar-refractivity contribution in [1.29, 1.82) is 0 Å². The number of carbonyl (C=O) groups excluding carboxylic acids is 1. The molecule has 1 aliphatic carbocycles. The van der Waals surface area contributed by atoms with Crippen LogP contribution in [-0.2, 0) is 16.1 Å². The third kappa shape index (κ3) is 5.41. The lowest BCUT2D eigenvalue weighted by atomic mass is 10.2. The summed E-state index contributed by atoms with van der Waals surface area (Å²) in [4.78, 5) is 11.6. The van der Waals surface area contributed by atoms with Gasteiger partial charge in [-0.05, 0) is 24.3 Å². The Kier molecular flexibility index (Phi) is 5.36. The minimum Gasteiger partial charge on any atom is -0.376 e. The summed E-state index contributed by atoms with van der Waals surface area (Å²) in [5.41, 5.74) is 7.04. The van der Waals surface area contributed by atoms with Crippen LogP contribution < -0.4 is 11.1 Å². The van der Waals surface area contributed by atoms with E-state index in [0.29, 0.717) is 32.1 Å². The van der Waals surface area contributed by atoms with Crippen molar-refractivity contribution >= 4 is 5.91 Å². The molecule has 3 N–H and O–H groups in total. The van der Waals surface area contributed by atoms with Gasteiger partial charge in [0.25, 0.3) is 0 Å². The second-order valence-electron chi connectivity index (χ2n) is 5.09. The predicted octanol–water partition coefficient (Wildman–Crippen LogP) is 1.45. The van der Waals surface area contributed by atoms with Crippen LogP contribution in [0.5, 0.6) is 0 Å². The highest BCUT2D eigenvalue weighted by Crippen LogP contribution is 2.31. The van der Waals surface area contributed by atoms with Crippen LogP contribution in [0.1, 0.15) is 24.8 Å². The van der Waals surface area contributed by atoms with E-state index in [1.807, 2.05) is 30.3 Å². The molecule has 104 valence electrons. The number of ether oxygens (including phenoxy) is 1. The Balaban J connectivity index is 1.51. The zero-order chi connectivity index (χ0) is 13.5. The van der Waals surface area contributed by atoms with Gasteiger partial charge < -0.3 is 15.8 Å².